The fourth-order valence-electron chi connectivity index (χ4n) is 2.04. The van der Waals surface area contributed by atoms with Crippen molar-refractivity contribution in [1.82, 2.24) is 9.97 Å². The lowest BCUT2D eigenvalue weighted by Crippen LogP contribution is -1.98. The number of benzene rings is 2. The van der Waals surface area contributed by atoms with Crippen LogP contribution in [-0.4, -0.2) is 9.97 Å². The van der Waals surface area contributed by atoms with Crippen molar-refractivity contribution in [1.29, 1.82) is 0 Å². The average Bonchev–Trinajstić information content (AvgIpc) is 2.42. The first-order valence-corrected chi connectivity index (χ1v) is 6.42. The van der Waals surface area contributed by atoms with Crippen molar-refractivity contribution in [2.75, 3.05) is 5.73 Å². The van der Waals surface area contributed by atoms with Crippen LogP contribution in [0.2, 0.25) is 5.02 Å². The third-order valence-electron chi connectivity index (χ3n) is 3.10. The smallest absolute Gasteiger partial charge is 0.162 e. The van der Waals surface area contributed by atoms with E-state index >= 15 is 0 Å². The molecule has 3 rings (SSSR count). The van der Waals surface area contributed by atoms with Gasteiger partial charge in [-0.05, 0) is 48.9 Å². The molecule has 5 heteroatoms. The highest BCUT2D eigenvalue weighted by molar-refractivity contribution is 6.31. The molecule has 0 aliphatic carbocycles. The van der Waals surface area contributed by atoms with Gasteiger partial charge in [0, 0.05) is 16.0 Å². The number of nitrogens with two attached hydrogens (primary N) is 1. The van der Waals surface area contributed by atoms with Crippen LogP contribution in [0.25, 0.3) is 22.3 Å². The molecule has 2 aromatic carbocycles. The van der Waals surface area contributed by atoms with Gasteiger partial charge in [-0.1, -0.05) is 11.6 Å². The van der Waals surface area contributed by atoms with E-state index in [-0.39, 0.29) is 11.6 Å². The highest BCUT2D eigenvalue weighted by Crippen LogP contribution is 2.26. The van der Waals surface area contributed by atoms with E-state index in [4.69, 9.17) is 17.3 Å². The summed E-state index contributed by atoms with van der Waals surface area (Å²) in [6.45, 7) is 1.91. The molecule has 0 spiro atoms. The summed E-state index contributed by atoms with van der Waals surface area (Å²) < 4.78 is 13.2. The zero-order chi connectivity index (χ0) is 14.3. The summed E-state index contributed by atoms with van der Waals surface area (Å²) in [5, 5.41) is 1.20. The van der Waals surface area contributed by atoms with Gasteiger partial charge in [0.2, 0.25) is 0 Å². The number of hydrogen-bond donors (Lipinski definition) is 1. The van der Waals surface area contributed by atoms with Crippen molar-refractivity contribution in [2.24, 2.45) is 0 Å². The monoisotopic (exact) mass is 287 g/mol. The maximum atomic E-state index is 13.2. The van der Waals surface area contributed by atoms with Gasteiger partial charge in [0.25, 0.3) is 0 Å². The first-order chi connectivity index (χ1) is 9.54. The van der Waals surface area contributed by atoms with Crippen molar-refractivity contribution in [3.8, 4) is 11.4 Å². The Labute approximate surface area is 120 Å². The number of aromatic nitrogens is 2. The predicted molar refractivity (Wildman–Crippen MR) is 79.1 cm³/mol. The largest absolute Gasteiger partial charge is 0.383 e. The molecule has 0 bridgehead atoms. The summed E-state index contributed by atoms with van der Waals surface area (Å²) in [6, 6.07) is 9.80. The van der Waals surface area contributed by atoms with E-state index in [9.17, 15) is 4.39 Å². The normalized spacial score (nSPS) is 10.9. The van der Waals surface area contributed by atoms with Crippen LogP contribution in [0.15, 0.2) is 36.4 Å². The fraction of sp³-hybridized carbons (Fsp3) is 0.0667. The molecule has 20 heavy (non-hydrogen) atoms. The van der Waals surface area contributed by atoms with Crippen LogP contribution in [0.1, 0.15) is 5.56 Å². The maximum Gasteiger partial charge on any atom is 0.162 e. The average molecular weight is 288 g/mol. The van der Waals surface area contributed by atoms with Crippen molar-refractivity contribution >= 4 is 28.3 Å². The second kappa shape index (κ2) is 4.72. The molecule has 1 heterocycles. The number of aryl methyl sites for hydroxylation is 1. The van der Waals surface area contributed by atoms with Gasteiger partial charge in [-0.2, -0.15) is 0 Å². The van der Waals surface area contributed by atoms with Gasteiger partial charge in [0.1, 0.15) is 11.6 Å². The van der Waals surface area contributed by atoms with E-state index in [2.05, 4.69) is 9.97 Å². The van der Waals surface area contributed by atoms with Crippen LogP contribution in [0, 0.1) is 12.7 Å². The lowest BCUT2D eigenvalue weighted by atomic mass is 10.1. The predicted octanol–water partition coefficient (Wildman–Crippen LogP) is 3.98. The minimum Gasteiger partial charge on any atom is -0.383 e. The highest BCUT2D eigenvalue weighted by atomic mass is 35.5. The van der Waals surface area contributed by atoms with Crippen LogP contribution in [0.5, 0.6) is 0 Å². The number of nitrogen functional groups attached to an aromatic ring is 1. The van der Waals surface area contributed by atoms with Gasteiger partial charge in [0.15, 0.2) is 5.82 Å². The molecule has 0 radical (unpaired) electrons. The first-order valence-electron chi connectivity index (χ1n) is 6.04. The van der Waals surface area contributed by atoms with E-state index in [1.54, 1.807) is 12.1 Å². The molecule has 1 aromatic heterocycles. The first kappa shape index (κ1) is 12.8. The number of anilines is 1. The molecule has 0 unspecified atom stereocenters. The quantitative estimate of drug-likeness (QED) is 0.736. The fourth-order valence-corrected chi connectivity index (χ4v) is 2.15. The summed E-state index contributed by atoms with van der Waals surface area (Å²) in [6.07, 6.45) is 0. The zero-order valence-corrected chi connectivity index (χ0v) is 11.4. The summed E-state index contributed by atoms with van der Waals surface area (Å²) in [7, 11) is 0. The van der Waals surface area contributed by atoms with E-state index < -0.39 is 0 Å². The van der Waals surface area contributed by atoms with Gasteiger partial charge in [0.05, 0.1) is 5.52 Å². The van der Waals surface area contributed by atoms with Gasteiger partial charge in [-0.15, -0.1) is 0 Å². The molecule has 0 amide bonds. The number of fused-ring (bicyclic) bond motifs is 1. The molecule has 3 nitrogen and oxygen atoms in total. The van der Waals surface area contributed by atoms with Crippen LogP contribution >= 0.6 is 11.6 Å². The third-order valence-corrected chi connectivity index (χ3v) is 3.53. The van der Waals surface area contributed by atoms with Crippen LogP contribution in [0.3, 0.4) is 0 Å². The molecule has 0 saturated carbocycles. The Morgan fingerprint density at radius 3 is 2.65 bits per heavy atom. The lowest BCUT2D eigenvalue weighted by molar-refractivity contribution is 0.629. The molecule has 0 aliphatic rings. The van der Waals surface area contributed by atoms with Crippen molar-refractivity contribution < 1.29 is 4.39 Å². The third kappa shape index (κ3) is 2.18. The molecule has 0 fully saturated rings. The van der Waals surface area contributed by atoms with E-state index in [1.807, 2.05) is 19.1 Å². The minimum absolute atomic E-state index is 0.261. The van der Waals surface area contributed by atoms with E-state index in [1.165, 1.54) is 12.1 Å². The van der Waals surface area contributed by atoms with Crippen molar-refractivity contribution in [3.63, 3.8) is 0 Å². The summed E-state index contributed by atoms with van der Waals surface area (Å²) in [4.78, 5) is 8.66. The number of halogens is 2. The summed E-state index contributed by atoms with van der Waals surface area (Å²) >= 11 is 6.00. The SMILES string of the molecule is Cc1cc(-c2nc(N)c3cc(F)ccc3n2)ccc1Cl. The molecule has 2 N–H and O–H groups in total. The van der Waals surface area contributed by atoms with Crippen LogP contribution in [-0.2, 0) is 0 Å². The topological polar surface area (TPSA) is 51.8 Å². The number of nitrogens with zero attached hydrogens (tertiary/aromatic N) is 2. The standard InChI is InChI=1S/C15H11ClFN3/c1-8-6-9(2-4-12(8)16)15-19-13-5-3-10(17)7-11(13)14(18)20-15/h2-7H,1H3,(H2,18,19,20). The van der Waals surface area contributed by atoms with E-state index in [0.717, 1.165) is 11.1 Å². The Morgan fingerprint density at radius 1 is 1.10 bits per heavy atom. The second-order valence-corrected chi connectivity index (χ2v) is 4.97. The zero-order valence-electron chi connectivity index (χ0n) is 10.7. The Kier molecular flexibility index (Phi) is 3.03. The van der Waals surface area contributed by atoms with Crippen molar-refractivity contribution in [2.45, 2.75) is 6.92 Å². The molecule has 3 aromatic rings. The Hall–Kier alpha value is -2.20. The Balaban J connectivity index is 2.21. The van der Waals surface area contributed by atoms with E-state index in [0.29, 0.717) is 21.7 Å². The molecular weight excluding hydrogens is 277 g/mol. The maximum absolute atomic E-state index is 13.2. The number of rotatable bonds is 1. The molecule has 0 atom stereocenters. The van der Waals surface area contributed by atoms with Gasteiger partial charge in [-0.25, -0.2) is 14.4 Å². The number of hydrogen-bond acceptors (Lipinski definition) is 3. The Morgan fingerprint density at radius 2 is 1.90 bits per heavy atom. The van der Waals surface area contributed by atoms with Crippen LogP contribution < -0.4 is 5.73 Å². The second-order valence-electron chi connectivity index (χ2n) is 4.56. The summed E-state index contributed by atoms with van der Waals surface area (Å²) in [5.74, 6) is 0.404. The highest BCUT2D eigenvalue weighted by Gasteiger charge is 2.09. The van der Waals surface area contributed by atoms with Crippen LogP contribution in [0.4, 0.5) is 10.2 Å². The minimum atomic E-state index is -0.358. The molecule has 0 saturated heterocycles. The van der Waals surface area contributed by atoms with Gasteiger partial charge in [-0.3, -0.25) is 0 Å². The summed E-state index contributed by atoms with van der Waals surface area (Å²) in [5.41, 5.74) is 8.26. The Bertz CT molecular complexity index is 818. The lowest BCUT2D eigenvalue weighted by Gasteiger charge is -2.07. The molecular formula is C15H11ClFN3. The van der Waals surface area contributed by atoms with Crippen molar-refractivity contribution in [3.05, 3.63) is 52.8 Å². The molecule has 100 valence electrons. The molecule has 0 aliphatic heterocycles. The van der Waals surface area contributed by atoms with Gasteiger partial charge >= 0.3 is 0 Å². The van der Waals surface area contributed by atoms with Gasteiger partial charge < -0.3 is 5.73 Å².